The summed E-state index contributed by atoms with van der Waals surface area (Å²) in [5.74, 6) is 0.870. The van der Waals surface area contributed by atoms with Crippen molar-refractivity contribution in [2.45, 2.75) is 51.5 Å². The van der Waals surface area contributed by atoms with Gasteiger partial charge in [0.25, 0.3) is 0 Å². The molecule has 0 bridgehead atoms. The number of likely N-dealkylation sites (tertiary alicyclic amines) is 2. The van der Waals surface area contributed by atoms with E-state index in [4.69, 9.17) is 5.73 Å². The highest BCUT2D eigenvalue weighted by Gasteiger charge is 2.26. The van der Waals surface area contributed by atoms with Gasteiger partial charge < -0.3 is 15.5 Å². The van der Waals surface area contributed by atoms with E-state index in [9.17, 15) is 0 Å². The Morgan fingerprint density at radius 1 is 1.06 bits per heavy atom. The maximum atomic E-state index is 5.72. The maximum Gasteiger partial charge on any atom is 0.0108 e. The van der Waals surface area contributed by atoms with Crippen molar-refractivity contribution in [2.24, 2.45) is 11.7 Å². The van der Waals surface area contributed by atoms with Gasteiger partial charge in [0.05, 0.1) is 0 Å². The van der Waals surface area contributed by atoms with Crippen molar-refractivity contribution in [1.29, 1.82) is 0 Å². The zero-order chi connectivity index (χ0) is 12.8. The fourth-order valence-electron chi connectivity index (χ4n) is 3.72. The van der Waals surface area contributed by atoms with Crippen LogP contribution >= 0.6 is 0 Å². The Hall–Kier alpha value is -0.120. The summed E-state index contributed by atoms with van der Waals surface area (Å²) >= 11 is 0. The smallest absolute Gasteiger partial charge is 0.0108 e. The molecule has 0 saturated carbocycles. The first-order valence-electron chi connectivity index (χ1n) is 8.00. The lowest BCUT2D eigenvalue weighted by molar-refractivity contribution is 0.110. The van der Waals surface area contributed by atoms with E-state index in [1.165, 1.54) is 71.2 Å². The highest BCUT2D eigenvalue weighted by molar-refractivity contribution is 4.82. The molecule has 0 amide bonds. The summed E-state index contributed by atoms with van der Waals surface area (Å²) in [6.45, 7) is 9.64. The average Bonchev–Trinajstić information content (AvgIpc) is 2.65. The monoisotopic (exact) mass is 253 g/mol. The van der Waals surface area contributed by atoms with Crippen LogP contribution in [0.15, 0.2) is 0 Å². The predicted molar refractivity (Wildman–Crippen MR) is 77.7 cm³/mol. The van der Waals surface area contributed by atoms with E-state index in [-0.39, 0.29) is 0 Å². The molecule has 0 radical (unpaired) electrons. The summed E-state index contributed by atoms with van der Waals surface area (Å²) < 4.78 is 0. The minimum atomic E-state index is 0.849. The molecule has 2 aliphatic heterocycles. The number of hydrogen-bond donors (Lipinski definition) is 1. The molecule has 3 heteroatoms. The van der Waals surface area contributed by atoms with Gasteiger partial charge in [0.15, 0.2) is 0 Å². The van der Waals surface area contributed by atoms with Crippen molar-refractivity contribution in [3.63, 3.8) is 0 Å². The molecule has 0 aromatic rings. The van der Waals surface area contributed by atoms with Crippen molar-refractivity contribution >= 4 is 0 Å². The summed E-state index contributed by atoms with van der Waals surface area (Å²) in [6.07, 6.45) is 8.19. The molecular weight excluding hydrogens is 222 g/mol. The van der Waals surface area contributed by atoms with Crippen LogP contribution in [0, 0.1) is 5.92 Å². The van der Waals surface area contributed by atoms with Crippen LogP contribution in [-0.4, -0.2) is 55.1 Å². The molecular formula is C15H31N3. The van der Waals surface area contributed by atoms with Gasteiger partial charge in [0.2, 0.25) is 0 Å². The number of rotatable bonds is 4. The van der Waals surface area contributed by atoms with Gasteiger partial charge >= 0.3 is 0 Å². The topological polar surface area (TPSA) is 32.5 Å². The second-order valence-corrected chi connectivity index (χ2v) is 6.10. The van der Waals surface area contributed by atoms with Gasteiger partial charge in [-0.1, -0.05) is 6.92 Å². The van der Waals surface area contributed by atoms with Crippen molar-refractivity contribution in [1.82, 2.24) is 9.80 Å². The van der Waals surface area contributed by atoms with E-state index < -0.39 is 0 Å². The Labute approximate surface area is 113 Å². The van der Waals surface area contributed by atoms with E-state index in [1.807, 2.05) is 0 Å². The standard InChI is InChI=1S/C15H31N3/c1-2-17-10-4-6-15(8-12-17)18-11-3-5-14(13-18)7-9-16/h14-15H,2-13,16H2,1H3. The van der Waals surface area contributed by atoms with E-state index in [2.05, 4.69) is 16.7 Å². The summed E-state index contributed by atoms with van der Waals surface area (Å²) in [5, 5.41) is 0. The Morgan fingerprint density at radius 2 is 1.89 bits per heavy atom. The highest BCUT2D eigenvalue weighted by atomic mass is 15.2. The molecule has 0 spiro atoms. The third-order valence-corrected chi connectivity index (χ3v) is 4.88. The number of nitrogens with two attached hydrogens (primary N) is 1. The van der Waals surface area contributed by atoms with E-state index in [0.29, 0.717) is 0 Å². The Balaban J connectivity index is 1.82. The quantitative estimate of drug-likeness (QED) is 0.831. The fourth-order valence-corrected chi connectivity index (χ4v) is 3.72. The first-order valence-corrected chi connectivity index (χ1v) is 8.00. The van der Waals surface area contributed by atoms with Gasteiger partial charge in [-0.15, -0.1) is 0 Å². The van der Waals surface area contributed by atoms with Gasteiger partial charge in [-0.2, -0.15) is 0 Å². The van der Waals surface area contributed by atoms with Crippen molar-refractivity contribution in [3.8, 4) is 0 Å². The number of hydrogen-bond acceptors (Lipinski definition) is 3. The summed E-state index contributed by atoms with van der Waals surface area (Å²) in [7, 11) is 0. The third kappa shape index (κ3) is 3.94. The molecule has 3 nitrogen and oxygen atoms in total. The lowest BCUT2D eigenvalue weighted by atomic mass is 9.92. The van der Waals surface area contributed by atoms with Crippen LogP contribution < -0.4 is 5.73 Å². The van der Waals surface area contributed by atoms with Gasteiger partial charge in [-0.05, 0) is 77.2 Å². The lowest BCUT2D eigenvalue weighted by Gasteiger charge is -2.38. The Kier molecular flexibility index (Phi) is 5.93. The molecule has 2 atom stereocenters. The molecule has 2 heterocycles. The summed E-state index contributed by atoms with van der Waals surface area (Å²) in [5.41, 5.74) is 5.72. The lowest BCUT2D eigenvalue weighted by Crippen LogP contribution is -2.43. The Bertz CT molecular complexity index is 230. The zero-order valence-electron chi connectivity index (χ0n) is 12.1. The fraction of sp³-hybridized carbons (Fsp3) is 1.00. The molecule has 0 aromatic carbocycles. The van der Waals surface area contributed by atoms with Crippen LogP contribution in [0.2, 0.25) is 0 Å². The van der Waals surface area contributed by atoms with Crippen molar-refractivity contribution < 1.29 is 0 Å². The number of piperidine rings is 1. The normalized spacial score (nSPS) is 32.3. The number of nitrogens with zero attached hydrogens (tertiary/aromatic N) is 2. The molecule has 106 valence electrons. The molecule has 2 rings (SSSR count). The largest absolute Gasteiger partial charge is 0.330 e. The molecule has 0 aliphatic carbocycles. The van der Waals surface area contributed by atoms with Crippen LogP contribution in [0.4, 0.5) is 0 Å². The van der Waals surface area contributed by atoms with Gasteiger partial charge in [0.1, 0.15) is 0 Å². The zero-order valence-corrected chi connectivity index (χ0v) is 12.1. The summed E-state index contributed by atoms with van der Waals surface area (Å²) in [6, 6.07) is 0.849. The highest BCUT2D eigenvalue weighted by Crippen LogP contribution is 2.25. The minimum Gasteiger partial charge on any atom is -0.330 e. The molecule has 2 fully saturated rings. The van der Waals surface area contributed by atoms with Gasteiger partial charge in [-0.25, -0.2) is 0 Å². The maximum absolute atomic E-state index is 5.72. The molecule has 2 unspecified atom stereocenters. The van der Waals surface area contributed by atoms with Crippen LogP contribution in [0.25, 0.3) is 0 Å². The first kappa shape index (κ1) is 14.3. The summed E-state index contributed by atoms with van der Waals surface area (Å²) in [4.78, 5) is 5.39. The minimum absolute atomic E-state index is 0.849. The van der Waals surface area contributed by atoms with Crippen LogP contribution in [0.1, 0.15) is 45.4 Å². The third-order valence-electron chi connectivity index (χ3n) is 4.88. The molecule has 2 N–H and O–H groups in total. The Morgan fingerprint density at radius 3 is 2.67 bits per heavy atom. The van der Waals surface area contributed by atoms with Crippen molar-refractivity contribution in [2.75, 3.05) is 39.3 Å². The molecule has 18 heavy (non-hydrogen) atoms. The predicted octanol–water partition coefficient (Wildman–Crippen LogP) is 1.92. The first-order chi connectivity index (χ1) is 8.83. The van der Waals surface area contributed by atoms with Crippen molar-refractivity contribution in [3.05, 3.63) is 0 Å². The van der Waals surface area contributed by atoms with E-state index in [1.54, 1.807) is 0 Å². The van der Waals surface area contributed by atoms with Crippen LogP contribution in [-0.2, 0) is 0 Å². The van der Waals surface area contributed by atoms with E-state index in [0.717, 1.165) is 18.5 Å². The van der Waals surface area contributed by atoms with Crippen LogP contribution in [0.3, 0.4) is 0 Å². The van der Waals surface area contributed by atoms with E-state index >= 15 is 0 Å². The average molecular weight is 253 g/mol. The van der Waals surface area contributed by atoms with Crippen LogP contribution in [0.5, 0.6) is 0 Å². The second-order valence-electron chi connectivity index (χ2n) is 6.10. The van der Waals surface area contributed by atoms with Gasteiger partial charge in [-0.3, -0.25) is 0 Å². The van der Waals surface area contributed by atoms with Gasteiger partial charge in [0, 0.05) is 12.6 Å². The molecule has 0 aromatic heterocycles. The second kappa shape index (κ2) is 7.46. The SMILES string of the molecule is CCN1CCCC(N2CCCC(CCN)C2)CC1. The molecule has 2 aliphatic rings. The molecule has 2 saturated heterocycles.